The minimum Gasteiger partial charge on any atom is -1.00 e. The summed E-state index contributed by atoms with van der Waals surface area (Å²) in [5.41, 5.74) is 0. The molecule has 0 fully saturated rings. The summed E-state index contributed by atoms with van der Waals surface area (Å²) in [6.45, 7) is -0.167. The van der Waals surface area contributed by atoms with E-state index in [4.69, 9.17) is 0 Å². The molecule has 5 nitrogen and oxygen atoms in total. The summed E-state index contributed by atoms with van der Waals surface area (Å²) in [5.74, 6) is 0. The third kappa shape index (κ3) is 8.09. The van der Waals surface area contributed by atoms with Crippen molar-refractivity contribution in [3.05, 3.63) is 0 Å². The van der Waals surface area contributed by atoms with Gasteiger partial charge in [-0.3, -0.25) is 9.59 Å². The van der Waals surface area contributed by atoms with Crippen LogP contribution in [0.25, 0.3) is 0 Å². The van der Waals surface area contributed by atoms with Gasteiger partial charge in [-0.2, -0.15) is 4.21 Å². The zero-order valence-electron chi connectivity index (χ0n) is 5.60. The standard InChI is InChI=1S/C2H2O5S.Na.H/c3-1-6-8(5)7-2-4;;/h1-2H;;/q;+1;-1. The van der Waals surface area contributed by atoms with Crippen molar-refractivity contribution < 1.29 is 53.1 Å². The molecule has 0 bridgehead atoms. The molecule has 0 heterocycles. The zero-order chi connectivity index (χ0) is 6.41. The minimum atomic E-state index is -2.26. The molecule has 0 aromatic heterocycles. The van der Waals surface area contributed by atoms with Gasteiger partial charge in [-0.25, -0.2) is 0 Å². The van der Waals surface area contributed by atoms with E-state index in [-0.39, 0.29) is 43.9 Å². The average molecular weight is 162 g/mol. The van der Waals surface area contributed by atoms with Crippen molar-refractivity contribution >= 4 is 24.3 Å². The predicted octanol–water partition coefficient (Wildman–Crippen LogP) is -3.97. The molecule has 0 aliphatic rings. The van der Waals surface area contributed by atoms with Crippen LogP contribution in [-0.4, -0.2) is 17.2 Å². The summed E-state index contributed by atoms with van der Waals surface area (Å²) in [7, 11) is 0. The molecule has 0 saturated carbocycles. The van der Waals surface area contributed by atoms with Crippen molar-refractivity contribution in [2.24, 2.45) is 0 Å². The Balaban J connectivity index is -0.000000245. The van der Waals surface area contributed by atoms with E-state index >= 15 is 0 Å². The van der Waals surface area contributed by atoms with Crippen LogP contribution in [0.1, 0.15) is 1.43 Å². The van der Waals surface area contributed by atoms with E-state index in [9.17, 15) is 13.8 Å². The van der Waals surface area contributed by atoms with Crippen LogP contribution in [0, 0.1) is 0 Å². The third-order valence-corrected chi connectivity index (χ3v) is 0.707. The maximum atomic E-state index is 9.85. The molecule has 0 aromatic carbocycles. The van der Waals surface area contributed by atoms with E-state index in [1.807, 2.05) is 0 Å². The average Bonchev–Trinajstić information content (AvgIpc) is 1.68. The van der Waals surface area contributed by atoms with E-state index in [0.29, 0.717) is 0 Å². The molecule has 9 heavy (non-hydrogen) atoms. The van der Waals surface area contributed by atoms with Gasteiger partial charge < -0.3 is 9.79 Å². The zero-order valence-corrected chi connectivity index (χ0v) is 7.42. The number of hydrogen-bond donors (Lipinski definition) is 0. The van der Waals surface area contributed by atoms with Gasteiger partial charge in [0.2, 0.25) is 0 Å². The maximum absolute atomic E-state index is 9.85. The van der Waals surface area contributed by atoms with E-state index < -0.39 is 11.4 Å². The van der Waals surface area contributed by atoms with Crippen LogP contribution in [-0.2, 0) is 29.3 Å². The summed E-state index contributed by atoms with van der Waals surface area (Å²) >= 11 is -2.26. The fourth-order valence-electron chi connectivity index (χ4n) is 0.0868. The minimum absolute atomic E-state index is 0. The Kier molecular flexibility index (Phi) is 10.6. The van der Waals surface area contributed by atoms with Gasteiger partial charge in [0.15, 0.2) is 0 Å². The second-order valence-corrected chi connectivity index (χ2v) is 1.38. The molecular formula is C2H3NaO5S. The van der Waals surface area contributed by atoms with Crippen LogP contribution < -0.4 is 29.6 Å². The topological polar surface area (TPSA) is 69.7 Å². The van der Waals surface area contributed by atoms with E-state index in [0.717, 1.165) is 0 Å². The predicted molar refractivity (Wildman–Crippen MR) is 23.6 cm³/mol. The van der Waals surface area contributed by atoms with Crippen LogP contribution in [0.3, 0.4) is 0 Å². The number of rotatable bonds is 4. The summed E-state index contributed by atoms with van der Waals surface area (Å²) < 4.78 is 17.1. The second kappa shape index (κ2) is 8.09. The van der Waals surface area contributed by atoms with Crippen molar-refractivity contribution in [1.82, 2.24) is 0 Å². The molecule has 0 atom stereocenters. The Bertz CT molecular complexity index is 106. The van der Waals surface area contributed by atoms with Gasteiger partial charge in [-0.05, 0) is 0 Å². The van der Waals surface area contributed by atoms with Crippen molar-refractivity contribution in [1.29, 1.82) is 0 Å². The quantitative estimate of drug-likeness (QED) is 0.311. The fourth-order valence-corrected chi connectivity index (χ4v) is 0.260. The molecule has 0 spiro atoms. The Morgan fingerprint density at radius 1 is 1.22 bits per heavy atom. The number of carbonyl (C=O) groups excluding carboxylic acids is 2. The smallest absolute Gasteiger partial charge is 1.00 e. The molecule has 0 N–H and O–H groups in total. The Hall–Kier alpha value is 0.0900. The van der Waals surface area contributed by atoms with Gasteiger partial charge in [-0.1, -0.05) is 0 Å². The molecule has 48 valence electrons. The van der Waals surface area contributed by atoms with Crippen molar-refractivity contribution in [2.45, 2.75) is 0 Å². The molecule has 0 saturated heterocycles. The monoisotopic (exact) mass is 162 g/mol. The van der Waals surface area contributed by atoms with Crippen molar-refractivity contribution in [3.8, 4) is 0 Å². The summed E-state index contributed by atoms with van der Waals surface area (Å²) in [6, 6.07) is 0. The van der Waals surface area contributed by atoms with Gasteiger partial charge in [0, 0.05) is 0 Å². The largest absolute Gasteiger partial charge is 1.00 e. The van der Waals surface area contributed by atoms with Crippen LogP contribution in [0.5, 0.6) is 0 Å². The molecule has 0 aliphatic carbocycles. The molecule has 0 amide bonds. The number of carbonyl (C=O) groups is 2. The molecule has 0 rings (SSSR count). The van der Waals surface area contributed by atoms with E-state index in [1.54, 1.807) is 0 Å². The van der Waals surface area contributed by atoms with Crippen LogP contribution in [0.15, 0.2) is 0 Å². The fraction of sp³-hybridized carbons (Fsp3) is 0. The summed E-state index contributed by atoms with van der Waals surface area (Å²) in [6.07, 6.45) is 0. The Morgan fingerprint density at radius 3 is 1.78 bits per heavy atom. The van der Waals surface area contributed by atoms with Gasteiger partial charge in [0.05, 0.1) is 0 Å². The van der Waals surface area contributed by atoms with Crippen LogP contribution in [0.2, 0.25) is 0 Å². The van der Waals surface area contributed by atoms with Crippen LogP contribution >= 0.6 is 0 Å². The van der Waals surface area contributed by atoms with Crippen LogP contribution in [0.4, 0.5) is 0 Å². The summed E-state index contributed by atoms with van der Waals surface area (Å²) in [4.78, 5) is 18.6. The maximum Gasteiger partial charge on any atom is 1.00 e. The first-order valence-corrected chi connectivity index (χ1v) is 2.44. The summed E-state index contributed by atoms with van der Waals surface area (Å²) in [5, 5.41) is 0. The first-order chi connectivity index (χ1) is 3.81. The molecule has 0 unspecified atom stereocenters. The van der Waals surface area contributed by atoms with Crippen molar-refractivity contribution in [2.75, 3.05) is 0 Å². The third-order valence-electron chi connectivity index (χ3n) is 0.236. The second-order valence-electron chi connectivity index (χ2n) is 0.589. The van der Waals surface area contributed by atoms with Gasteiger partial charge >= 0.3 is 53.9 Å². The van der Waals surface area contributed by atoms with Gasteiger partial charge in [0.1, 0.15) is 0 Å². The first-order valence-electron chi connectivity index (χ1n) is 1.44. The van der Waals surface area contributed by atoms with E-state index in [2.05, 4.69) is 8.37 Å². The Labute approximate surface area is 77.3 Å². The molecule has 0 radical (unpaired) electrons. The molecule has 0 aliphatic heterocycles. The molecular weight excluding hydrogens is 159 g/mol. The SMILES string of the molecule is O=COS(=O)OC=O.[H-].[Na+]. The first kappa shape index (κ1) is 11.8. The van der Waals surface area contributed by atoms with Crippen molar-refractivity contribution in [3.63, 3.8) is 0 Å². The Morgan fingerprint density at radius 2 is 1.56 bits per heavy atom. The van der Waals surface area contributed by atoms with Gasteiger partial charge in [-0.15, -0.1) is 0 Å². The normalized spacial score (nSPS) is 7.22. The number of hydrogen-bond acceptors (Lipinski definition) is 5. The molecule has 0 aromatic rings. The van der Waals surface area contributed by atoms with E-state index in [1.165, 1.54) is 0 Å². The van der Waals surface area contributed by atoms with Gasteiger partial charge in [0.25, 0.3) is 0 Å². The molecule has 7 heteroatoms.